The lowest BCUT2D eigenvalue weighted by Crippen LogP contribution is -2.22. The highest BCUT2D eigenvalue weighted by atomic mass is 19.1. The summed E-state index contributed by atoms with van der Waals surface area (Å²) in [5.41, 5.74) is 11.1. The molecule has 0 fully saturated rings. The van der Waals surface area contributed by atoms with Gasteiger partial charge < -0.3 is 11.5 Å². The van der Waals surface area contributed by atoms with E-state index in [1.165, 1.54) is 12.1 Å². The van der Waals surface area contributed by atoms with Crippen molar-refractivity contribution in [2.45, 2.75) is 5.92 Å². The monoisotopic (exact) mass is 186 g/mol. The lowest BCUT2D eigenvalue weighted by atomic mass is 9.99. The van der Waals surface area contributed by atoms with Crippen LogP contribution < -0.4 is 11.5 Å². The molecule has 0 bridgehead atoms. The van der Waals surface area contributed by atoms with Gasteiger partial charge in [0.05, 0.1) is 0 Å². The van der Waals surface area contributed by atoms with Gasteiger partial charge in [-0.15, -0.1) is 0 Å². The molecule has 0 unspecified atom stereocenters. The summed E-state index contributed by atoms with van der Waals surface area (Å²) >= 11 is 0. The van der Waals surface area contributed by atoms with Crippen molar-refractivity contribution < 1.29 is 8.78 Å². The molecule has 1 aromatic carbocycles. The summed E-state index contributed by atoms with van der Waals surface area (Å²) < 4.78 is 25.6. The molecule has 0 saturated heterocycles. The highest BCUT2D eigenvalue weighted by Crippen LogP contribution is 2.18. The van der Waals surface area contributed by atoms with Crippen molar-refractivity contribution >= 4 is 0 Å². The summed E-state index contributed by atoms with van der Waals surface area (Å²) in [6.45, 7) is 0.526. The van der Waals surface area contributed by atoms with Crippen LogP contribution in [0.5, 0.6) is 0 Å². The second-order valence-corrected chi connectivity index (χ2v) is 2.83. The average Bonchev–Trinajstić information content (AvgIpc) is 2.10. The van der Waals surface area contributed by atoms with Crippen LogP contribution in [0.15, 0.2) is 18.2 Å². The Labute approximate surface area is 75.5 Å². The minimum absolute atomic E-state index is 0.236. The second-order valence-electron chi connectivity index (χ2n) is 2.83. The van der Waals surface area contributed by atoms with E-state index in [0.717, 1.165) is 6.07 Å². The van der Waals surface area contributed by atoms with E-state index >= 15 is 0 Å². The van der Waals surface area contributed by atoms with Crippen LogP contribution in [-0.4, -0.2) is 13.1 Å². The van der Waals surface area contributed by atoms with Crippen LogP contribution in [0.1, 0.15) is 11.5 Å². The molecule has 4 heteroatoms. The largest absolute Gasteiger partial charge is 0.330 e. The number of rotatable bonds is 3. The van der Waals surface area contributed by atoms with Gasteiger partial charge in [-0.3, -0.25) is 0 Å². The van der Waals surface area contributed by atoms with Crippen LogP contribution in [0, 0.1) is 11.6 Å². The first-order valence-electron chi connectivity index (χ1n) is 4.04. The van der Waals surface area contributed by atoms with Crippen LogP contribution in [0.25, 0.3) is 0 Å². The number of nitrogens with two attached hydrogens (primary N) is 2. The highest BCUT2D eigenvalue weighted by molar-refractivity contribution is 5.23. The van der Waals surface area contributed by atoms with Gasteiger partial charge in [0, 0.05) is 25.1 Å². The van der Waals surface area contributed by atoms with Gasteiger partial charge in [0.2, 0.25) is 0 Å². The minimum Gasteiger partial charge on any atom is -0.330 e. The normalized spacial score (nSPS) is 10.8. The lowest BCUT2D eigenvalue weighted by molar-refractivity contribution is 0.554. The van der Waals surface area contributed by atoms with Gasteiger partial charge in [0.25, 0.3) is 0 Å². The second kappa shape index (κ2) is 4.30. The van der Waals surface area contributed by atoms with E-state index in [1.54, 1.807) is 0 Å². The third-order valence-corrected chi connectivity index (χ3v) is 1.97. The average molecular weight is 186 g/mol. The van der Waals surface area contributed by atoms with E-state index < -0.39 is 11.6 Å². The minimum atomic E-state index is -0.589. The first kappa shape index (κ1) is 10.1. The van der Waals surface area contributed by atoms with E-state index in [1.807, 2.05) is 0 Å². The number of hydrogen-bond acceptors (Lipinski definition) is 2. The Balaban J connectivity index is 2.99. The molecule has 0 spiro atoms. The van der Waals surface area contributed by atoms with E-state index in [9.17, 15) is 8.78 Å². The molecular formula is C9H12F2N2. The van der Waals surface area contributed by atoms with Crippen LogP contribution in [0.2, 0.25) is 0 Å². The Morgan fingerprint density at radius 2 is 1.77 bits per heavy atom. The van der Waals surface area contributed by atoms with Crippen molar-refractivity contribution in [3.05, 3.63) is 35.4 Å². The van der Waals surface area contributed by atoms with Crippen molar-refractivity contribution in [1.82, 2.24) is 0 Å². The molecule has 1 aromatic rings. The van der Waals surface area contributed by atoms with Gasteiger partial charge in [0.15, 0.2) is 0 Å². The first-order chi connectivity index (χ1) is 6.19. The first-order valence-corrected chi connectivity index (χ1v) is 4.04. The fraction of sp³-hybridized carbons (Fsp3) is 0.333. The number of halogens is 2. The fourth-order valence-electron chi connectivity index (χ4n) is 1.18. The SMILES string of the molecule is NCC(CN)c1ccc(F)cc1F. The third-order valence-electron chi connectivity index (χ3n) is 1.97. The summed E-state index contributed by atoms with van der Waals surface area (Å²) in [7, 11) is 0. The predicted octanol–water partition coefficient (Wildman–Crippen LogP) is 0.966. The molecule has 2 nitrogen and oxygen atoms in total. The smallest absolute Gasteiger partial charge is 0.129 e. The van der Waals surface area contributed by atoms with Gasteiger partial charge in [-0.25, -0.2) is 8.78 Å². The molecule has 0 aliphatic heterocycles. The molecule has 0 heterocycles. The van der Waals surface area contributed by atoms with Crippen LogP contribution in [-0.2, 0) is 0 Å². The van der Waals surface area contributed by atoms with E-state index in [2.05, 4.69) is 0 Å². The molecular weight excluding hydrogens is 174 g/mol. The molecule has 0 amide bonds. The summed E-state index contributed by atoms with van der Waals surface area (Å²) in [6, 6.07) is 3.43. The third kappa shape index (κ3) is 2.23. The zero-order valence-electron chi connectivity index (χ0n) is 7.13. The van der Waals surface area contributed by atoms with E-state index in [0.29, 0.717) is 5.56 Å². The molecule has 0 saturated carbocycles. The zero-order chi connectivity index (χ0) is 9.84. The van der Waals surface area contributed by atoms with Crippen LogP contribution in [0.3, 0.4) is 0 Å². The van der Waals surface area contributed by atoms with Crippen molar-refractivity contribution in [3.8, 4) is 0 Å². The summed E-state index contributed by atoms with van der Waals surface area (Å²) in [4.78, 5) is 0. The van der Waals surface area contributed by atoms with Crippen LogP contribution >= 0.6 is 0 Å². The van der Waals surface area contributed by atoms with E-state index in [-0.39, 0.29) is 19.0 Å². The topological polar surface area (TPSA) is 52.0 Å². The van der Waals surface area contributed by atoms with Crippen molar-refractivity contribution in [2.24, 2.45) is 11.5 Å². The van der Waals surface area contributed by atoms with Crippen LogP contribution in [0.4, 0.5) is 8.78 Å². The fourth-order valence-corrected chi connectivity index (χ4v) is 1.18. The quantitative estimate of drug-likeness (QED) is 0.738. The van der Waals surface area contributed by atoms with Gasteiger partial charge in [0.1, 0.15) is 11.6 Å². The lowest BCUT2D eigenvalue weighted by Gasteiger charge is -2.12. The van der Waals surface area contributed by atoms with E-state index in [4.69, 9.17) is 11.5 Å². The van der Waals surface area contributed by atoms with Gasteiger partial charge in [-0.05, 0) is 11.6 Å². The Hall–Kier alpha value is -1.00. The van der Waals surface area contributed by atoms with Crippen molar-refractivity contribution in [2.75, 3.05) is 13.1 Å². The molecule has 72 valence electrons. The summed E-state index contributed by atoms with van der Waals surface area (Å²) in [6.07, 6.45) is 0. The molecule has 0 aromatic heterocycles. The van der Waals surface area contributed by atoms with Crippen molar-refractivity contribution in [1.29, 1.82) is 0 Å². The maximum Gasteiger partial charge on any atom is 0.129 e. The Morgan fingerprint density at radius 1 is 1.15 bits per heavy atom. The molecule has 0 radical (unpaired) electrons. The van der Waals surface area contributed by atoms with Gasteiger partial charge in [-0.2, -0.15) is 0 Å². The van der Waals surface area contributed by atoms with Gasteiger partial charge >= 0.3 is 0 Å². The maximum atomic E-state index is 13.1. The maximum absolute atomic E-state index is 13.1. The Bertz CT molecular complexity index is 285. The molecule has 0 aliphatic carbocycles. The summed E-state index contributed by atoms with van der Waals surface area (Å²) in [5, 5.41) is 0. The molecule has 13 heavy (non-hydrogen) atoms. The Kier molecular flexibility index (Phi) is 3.33. The molecule has 0 aliphatic rings. The number of hydrogen-bond donors (Lipinski definition) is 2. The number of benzene rings is 1. The summed E-state index contributed by atoms with van der Waals surface area (Å²) in [5.74, 6) is -1.41. The van der Waals surface area contributed by atoms with Crippen molar-refractivity contribution in [3.63, 3.8) is 0 Å². The standard InChI is InChI=1S/C9H12F2N2/c10-7-1-2-8(9(11)3-7)6(4-12)5-13/h1-3,6H,4-5,12-13H2. The molecule has 0 atom stereocenters. The predicted molar refractivity (Wildman–Crippen MR) is 47.2 cm³/mol. The van der Waals surface area contributed by atoms with Gasteiger partial charge in [-0.1, -0.05) is 6.07 Å². The highest BCUT2D eigenvalue weighted by Gasteiger charge is 2.12. The Morgan fingerprint density at radius 3 is 2.23 bits per heavy atom. The zero-order valence-corrected chi connectivity index (χ0v) is 7.13. The molecule has 4 N–H and O–H groups in total. The molecule has 1 rings (SSSR count).